The molecule has 0 aromatic heterocycles. The third kappa shape index (κ3) is 6.41. The second-order valence-corrected chi connectivity index (χ2v) is 8.63. The smallest absolute Gasteiger partial charge is 0.242 e. The van der Waals surface area contributed by atoms with Gasteiger partial charge in [0.1, 0.15) is 11.9 Å². The molecule has 0 heterocycles. The topological polar surface area (TPSA) is 49.4 Å². The summed E-state index contributed by atoms with van der Waals surface area (Å²) in [5.74, 6) is -0.859. The van der Waals surface area contributed by atoms with E-state index < -0.39 is 11.6 Å². The first-order valence-corrected chi connectivity index (χ1v) is 9.89. The molecule has 2 rings (SSSR count). The van der Waals surface area contributed by atoms with E-state index in [1.54, 1.807) is 25.1 Å². The maximum atomic E-state index is 14.3. The summed E-state index contributed by atoms with van der Waals surface area (Å²) in [5.41, 5.74) is 2.96. The highest BCUT2D eigenvalue weighted by Gasteiger charge is 2.29. The normalized spacial score (nSPS) is 12.4. The molecule has 0 bridgehead atoms. The Kier molecular flexibility index (Phi) is 7.17. The minimum absolute atomic E-state index is 0.0368. The van der Waals surface area contributed by atoms with Gasteiger partial charge in [-0.3, -0.25) is 9.59 Å². The minimum Gasteiger partial charge on any atom is -0.350 e. The SMILES string of the molecule is Cc1ccc(C)c(CC(=O)N(Cc2ccccc2F)C(C)C(=O)NC(C)(C)C)c1. The second kappa shape index (κ2) is 9.21. The number of aryl methyl sites for hydroxylation is 2. The Hall–Kier alpha value is -2.69. The molecule has 29 heavy (non-hydrogen) atoms. The van der Waals surface area contributed by atoms with Gasteiger partial charge in [0.2, 0.25) is 11.8 Å². The van der Waals surface area contributed by atoms with Crippen LogP contribution in [0.4, 0.5) is 4.39 Å². The van der Waals surface area contributed by atoms with Crippen molar-refractivity contribution in [1.29, 1.82) is 0 Å². The van der Waals surface area contributed by atoms with Crippen LogP contribution in [0.3, 0.4) is 0 Å². The fourth-order valence-corrected chi connectivity index (χ4v) is 3.12. The Morgan fingerprint density at radius 3 is 2.34 bits per heavy atom. The van der Waals surface area contributed by atoms with E-state index in [9.17, 15) is 14.0 Å². The first-order chi connectivity index (χ1) is 13.5. The number of amides is 2. The first-order valence-electron chi connectivity index (χ1n) is 9.89. The molecule has 0 aliphatic rings. The fourth-order valence-electron chi connectivity index (χ4n) is 3.12. The van der Waals surface area contributed by atoms with E-state index in [2.05, 4.69) is 5.32 Å². The summed E-state index contributed by atoms with van der Waals surface area (Å²) in [5, 5.41) is 2.91. The lowest BCUT2D eigenvalue weighted by atomic mass is 10.0. The molecule has 0 spiro atoms. The number of nitrogens with zero attached hydrogens (tertiary/aromatic N) is 1. The summed E-state index contributed by atoms with van der Waals surface area (Å²) in [6, 6.07) is 11.6. The molecule has 1 unspecified atom stereocenters. The number of hydrogen-bond acceptors (Lipinski definition) is 2. The Labute approximate surface area is 173 Å². The summed E-state index contributed by atoms with van der Waals surface area (Å²) in [6.07, 6.45) is 0.162. The maximum absolute atomic E-state index is 14.3. The molecule has 0 radical (unpaired) electrons. The van der Waals surface area contributed by atoms with Gasteiger partial charge in [0.15, 0.2) is 0 Å². The van der Waals surface area contributed by atoms with Crippen molar-refractivity contribution in [3.05, 3.63) is 70.5 Å². The average molecular weight is 399 g/mol. The molecule has 2 amide bonds. The molecule has 0 aliphatic heterocycles. The van der Waals surface area contributed by atoms with Gasteiger partial charge in [-0.2, -0.15) is 0 Å². The van der Waals surface area contributed by atoms with E-state index in [0.717, 1.165) is 16.7 Å². The quantitative estimate of drug-likeness (QED) is 0.788. The molecule has 2 aromatic rings. The van der Waals surface area contributed by atoms with Crippen LogP contribution in [0.25, 0.3) is 0 Å². The van der Waals surface area contributed by atoms with Crippen LogP contribution in [0.2, 0.25) is 0 Å². The van der Waals surface area contributed by atoms with Crippen LogP contribution in [0.5, 0.6) is 0 Å². The van der Waals surface area contributed by atoms with Crippen molar-refractivity contribution in [3.63, 3.8) is 0 Å². The molecule has 1 N–H and O–H groups in total. The average Bonchev–Trinajstić information content (AvgIpc) is 2.62. The maximum Gasteiger partial charge on any atom is 0.242 e. The van der Waals surface area contributed by atoms with Gasteiger partial charge in [0.25, 0.3) is 0 Å². The molecule has 2 aromatic carbocycles. The Balaban J connectivity index is 2.32. The van der Waals surface area contributed by atoms with E-state index in [4.69, 9.17) is 0 Å². The highest BCUT2D eigenvalue weighted by molar-refractivity contribution is 5.88. The second-order valence-electron chi connectivity index (χ2n) is 8.63. The zero-order valence-corrected chi connectivity index (χ0v) is 18.2. The van der Waals surface area contributed by atoms with Gasteiger partial charge in [-0.05, 0) is 58.7 Å². The Bertz CT molecular complexity index is 887. The predicted molar refractivity (Wildman–Crippen MR) is 114 cm³/mol. The number of nitrogens with one attached hydrogen (secondary N) is 1. The molecule has 0 fully saturated rings. The Morgan fingerprint density at radius 1 is 1.07 bits per heavy atom. The lowest BCUT2D eigenvalue weighted by Crippen LogP contribution is -2.52. The third-order valence-corrected chi connectivity index (χ3v) is 4.81. The van der Waals surface area contributed by atoms with Gasteiger partial charge in [-0.25, -0.2) is 4.39 Å². The van der Waals surface area contributed by atoms with Crippen LogP contribution in [-0.4, -0.2) is 28.3 Å². The van der Waals surface area contributed by atoms with Gasteiger partial charge in [0.05, 0.1) is 6.42 Å². The summed E-state index contributed by atoms with van der Waals surface area (Å²) < 4.78 is 14.3. The van der Waals surface area contributed by atoms with E-state index in [-0.39, 0.29) is 30.6 Å². The minimum atomic E-state index is -0.730. The largest absolute Gasteiger partial charge is 0.350 e. The van der Waals surface area contributed by atoms with E-state index >= 15 is 0 Å². The van der Waals surface area contributed by atoms with Crippen molar-refractivity contribution in [3.8, 4) is 0 Å². The van der Waals surface area contributed by atoms with Gasteiger partial charge in [-0.15, -0.1) is 0 Å². The van der Waals surface area contributed by atoms with Crippen molar-refractivity contribution < 1.29 is 14.0 Å². The summed E-state index contributed by atoms with van der Waals surface area (Å²) >= 11 is 0. The van der Waals surface area contributed by atoms with Crippen molar-refractivity contribution in [2.75, 3.05) is 0 Å². The van der Waals surface area contributed by atoms with E-state index in [0.29, 0.717) is 5.56 Å². The van der Waals surface area contributed by atoms with Gasteiger partial charge < -0.3 is 10.2 Å². The summed E-state index contributed by atoms with van der Waals surface area (Å²) in [4.78, 5) is 27.4. The molecule has 0 aliphatic carbocycles. The first kappa shape index (κ1) is 22.6. The number of carbonyl (C=O) groups excluding carboxylic acids is 2. The number of carbonyl (C=O) groups is 2. The lowest BCUT2D eigenvalue weighted by molar-refractivity contribution is -0.140. The zero-order valence-electron chi connectivity index (χ0n) is 18.2. The van der Waals surface area contributed by atoms with Crippen LogP contribution in [0.15, 0.2) is 42.5 Å². The zero-order chi connectivity index (χ0) is 21.8. The van der Waals surface area contributed by atoms with Crippen LogP contribution in [0, 0.1) is 19.7 Å². The van der Waals surface area contributed by atoms with Crippen molar-refractivity contribution in [1.82, 2.24) is 10.2 Å². The molecule has 4 nitrogen and oxygen atoms in total. The summed E-state index contributed by atoms with van der Waals surface area (Å²) in [6.45, 7) is 11.3. The third-order valence-electron chi connectivity index (χ3n) is 4.81. The van der Waals surface area contributed by atoms with Crippen LogP contribution in [0.1, 0.15) is 49.9 Å². The fraction of sp³-hybridized carbons (Fsp3) is 0.417. The number of hydrogen-bond donors (Lipinski definition) is 1. The lowest BCUT2D eigenvalue weighted by Gasteiger charge is -2.31. The van der Waals surface area contributed by atoms with E-state index in [1.807, 2.05) is 52.8 Å². The highest BCUT2D eigenvalue weighted by atomic mass is 19.1. The molecular weight excluding hydrogens is 367 g/mol. The number of rotatable bonds is 6. The highest BCUT2D eigenvalue weighted by Crippen LogP contribution is 2.18. The van der Waals surface area contributed by atoms with Crippen LogP contribution < -0.4 is 5.32 Å². The van der Waals surface area contributed by atoms with Gasteiger partial charge in [-0.1, -0.05) is 42.0 Å². The standard InChI is InChI=1S/C24H31FN2O2/c1-16-11-12-17(2)20(13-16)14-22(28)27(15-19-9-7-8-10-21(19)25)18(3)23(29)26-24(4,5)6/h7-13,18H,14-15H2,1-6H3,(H,26,29). The molecule has 0 saturated heterocycles. The van der Waals surface area contributed by atoms with Crippen molar-refractivity contribution in [2.24, 2.45) is 0 Å². The van der Waals surface area contributed by atoms with Crippen LogP contribution >= 0.6 is 0 Å². The molecule has 1 atom stereocenters. The monoisotopic (exact) mass is 398 g/mol. The number of halogens is 1. The summed E-state index contributed by atoms with van der Waals surface area (Å²) in [7, 11) is 0. The predicted octanol–water partition coefficient (Wildman–Crippen LogP) is 4.32. The Morgan fingerprint density at radius 2 is 1.72 bits per heavy atom. The van der Waals surface area contributed by atoms with Crippen LogP contribution in [-0.2, 0) is 22.6 Å². The van der Waals surface area contributed by atoms with Gasteiger partial charge >= 0.3 is 0 Å². The van der Waals surface area contributed by atoms with Gasteiger partial charge in [0, 0.05) is 17.6 Å². The molecule has 156 valence electrons. The molecule has 0 saturated carbocycles. The van der Waals surface area contributed by atoms with Crippen molar-refractivity contribution in [2.45, 2.75) is 66.1 Å². The molecule has 5 heteroatoms. The van der Waals surface area contributed by atoms with Crippen molar-refractivity contribution >= 4 is 11.8 Å². The number of benzene rings is 2. The van der Waals surface area contributed by atoms with E-state index in [1.165, 1.54) is 11.0 Å². The molecular formula is C24H31FN2O2.